The number of anilines is 1. The molecule has 2 aliphatic rings. The Morgan fingerprint density at radius 2 is 1.75 bits per heavy atom. The van der Waals surface area contributed by atoms with Gasteiger partial charge in [0.2, 0.25) is 12.0 Å². The summed E-state index contributed by atoms with van der Waals surface area (Å²) in [6.45, 7) is 3.61. The fourth-order valence-corrected chi connectivity index (χ4v) is 3.88. The second kappa shape index (κ2) is 10.3. The van der Waals surface area contributed by atoms with Crippen LogP contribution in [-0.2, 0) is 9.59 Å². The fourth-order valence-electron chi connectivity index (χ4n) is 3.88. The highest BCUT2D eigenvalue weighted by molar-refractivity contribution is 5.82. The lowest BCUT2D eigenvalue weighted by molar-refractivity contribution is -0.132. The second-order valence-electron chi connectivity index (χ2n) is 7.82. The predicted molar refractivity (Wildman–Crippen MR) is 120 cm³/mol. The Kier molecular flexibility index (Phi) is 6.99. The lowest BCUT2D eigenvalue weighted by atomic mass is 10.2. The summed E-state index contributed by atoms with van der Waals surface area (Å²) in [7, 11) is 1.65. The third kappa shape index (κ3) is 5.25. The molecular weight excluding hydrogens is 410 g/mol. The molecule has 0 bridgehead atoms. The van der Waals surface area contributed by atoms with Crippen molar-refractivity contribution in [3.05, 3.63) is 48.5 Å². The van der Waals surface area contributed by atoms with Crippen molar-refractivity contribution in [2.75, 3.05) is 51.3 Å². The van der Waals surface area contributed by atoms with E-state index in [4.69, 9.17) is 14.2 Å². The van der Waals surface area contributed by atoms with E-state index in [2.05, 4.69) is 10.2 Å². The molecule has 4 rings (SSSR count). The number of carbonyl (C=O) groups excluding carboxylic acids is 2. The topological polar surface area (TPSA) is 80.3 Å². The summed E-state index contributed by atoms with van der Waals surface area (Å²) in [5.41, 5.74) is 1.14. The van der Waals surface area contributed by atoms with Crippen LogP contribution in [0.1, 0.15) is 12.8 Å². The molecule has 0 spiro atoms. The standard InChI is InChI=1S/C24H29N3O5/c1-30-19-10-8-18(9-11-19)26-13-15-27(16-14-26)23(28)7-4-12-25-24(29)22-17-31-20-5-2-3-6-21(20)32-22/h2-3,5-6,8-11,22H,4,7,12-17H2,1H3,(H,25,29). The number of nitrogens with zero attached hydrogens (tertiary/aromatic N) is 2. The quantitative estimate of drug-likeness (QED) is 0.666. The third-order valence-corrected chi connectivity index (χ3v) is 5.74. The van der Waals surface area contributed by atoms with Crippen molar-refractivity contribution in [2.45, 2.75) is 18.9 Å². The molecule has 1 saturated heterocycles. The minimum Gasteiger partial charge on any atom is -0.497 e. The molecule has 32 heavy (non-hydrogen) atoms. The van der Waals surface area contributed by atoms with Gasteiger partial charge >= 0.3 is 0 Å². The number of para-hydroxylation sites is 2. The van der Waals surface area contributed by atoms with E-state index in [0.717, 1.165) is 24.5 Å². The molecule has 2 aromatic carbocycles. The highest BCUT2D eigenvalue weighted by Gasteiger charge is 2.27. The first-order valence-electron chi connectivity index (χ1n) is 11.0. The lowest BCUT2D eigenvalue weighted by Gasteiger charge is -2.36. The fraction of sp³-hybridized carbons (Fsp3) is 0.417. The number of amides is 2. The smallest absolute Gasteiger partial charge is 0.264 e. The maximum absolute atomic E-state index is 12.5. The zero-order chi connectivity index (χ0) is 22.3. The zero-order valence-corrected chi connectivity index (χ0v) is 18.3. The molecule has 2 aromatic rings. The molecule has 2 aliphatic heterocycles. The molecule has 8 nitrogen and oxygen atoms in total. The monoisotopic (exact) mass is 439 g/mol. The van der Waals surface area contributed by atoms with Gasteiger partial charge in [-0.15, -0.1) is 0 Å². The maximum atomic E-state index is 12.5. The lowest BCUT2D eigenvalue weighted by Crippen LogP contribution is -2.49. The number of hydrogen-bond acceptors (Lipinski definition) is 6. The van der Waals surface area contributed by atoms with Crippen molar-refractivity contribution in [1.82, 2.24) is 10.2 Å². The van der Waals surface area contributed by atoms with Crippen molar-refractivity contribution in [3.8, 4) is 17.2 Å². The van der Waals surface area contributed by atoms with Crippen molar-refractivity contribution < 1.29 is 23.8 Å². The van der Waals surface area contributed by atoms with Crippen LogP contribution in [0, 0.1) is 0 Å². The minimum atomic E-state index is -0.674. The molecule has 1 fully saturated rings. The Labute approximate surface area is 188 Å². The summed E-state index contributed by atoms with van der Waals surface area (Å²) in [5.74, 6) is 1.96. The first kappa shape index (κ1) is 21.8. The van der Waals surface area contributed by atoms with Gasteiger partial charge in [-0.05, 0) is 42.8 Å². The number of piperazine rings is 1. The maximum Gasteiger partial charge on any atom is 0.264 e. The first-order valence-corrected chi connectivity index (χ1v) is 11.0. The van der Waals surface area contributed by atoms with Gasteiger partial charge in [-0.1, -0.05) is 12.1 Å². The van der Waals surface area contributed by atoms with Gasteiger partial charge < -0.3 is 29.3 Å². The van der Waals surface area contributed by atoms with E-state index in [-0.39, 0.29) is 18.4 Å². The number of carbonyl (C=O) groups is 2. The van der Waals surface area contributed by atoms with Gasteiger partial charge in [0.05, 0.1) is 7.11 Å². The van der Waals surface area contributed by atoms with Gasteiger partial charge in [-0.3, -0.25) is 9.59 Å². The van der Waals surface area contributed by atoms with E-state index < -0.39 is 6.10 Å². The number of benzene rings is 2. The number of ether oxygens (including phenoxy) is 3. The molecular formula is C24H29N3O5. The summed E-state index contributed by atoms with van der Waals surface area (Å²) >= 11 is 0. The predicted octanol–water partition coefficient (Wildman–Crippen LogP) is 2.08. The van der Waals surface area contributed by atoms with Crippen molar-refractivity contribution in [3.63, 3.8) is 0 Å². The van der Waals surface area contributed by atoms with Crippen molar-refractivity contribution in [2.24, 2.45) is 0 Å². The SMILES string of the molecule is COc1ccc(N2CCN(C(=O)CCCNC(=O)C3COc4ccccc4O3)CC2)cc1. The van der Waals surface area contributed by atoms with Crippen LogP contribution in [-0.4, -0.2) is 69.3 Å². The van der Waals surface area contributed by atoms with E-state index >= 15 is 0 Å². The third-order valence-electron chi connectivity index (χ3n) is 5.74. The Morgan fingerprint density at radius 1 is 1.03 bits per heavy atom. The van der Waals surface area contributed by atoms with Gasteiger partial charge in [-0.25, -0.2) is 0 Å². The van der Waals surface area contributed by atoms with Crippen LogP contribution < -0.4 is 24.4 Å². The Bertz CT molecular complexity index is 925. The Balaban J connectivity index is 1.14. The highest BCUT2D eigenvalue weighted by atomic mass is 16.6. The average Bonchev–Trinajstić information content (AvgIpc) is 2.86. The molecule has 0 aliphatic carbocycles. The molecule has 0 aromatic heterocycles. The molecule has 1 atom stereocenters. The van der Waals surface area contributed by atoms with E-state index in [1.807, 2.05) is 47.4 Å². The van der Waals surface area contributed by atoms with E-state index in [0.29, 0.717) is 44.0 Å². The number of nitrogens with one attached hydrogen (secondary N) is 1. The van der Waals surface area contributed by atoms with Crippen LogP contribution in [0.4, 0.5) is 5.69 Å². The van der Waals surface area contributed by atoms with Gasteiger partial charge in [0.1, 0.15) is 12.4 Å². The van der Waals surface area contributed by atoms with E-state index in [1.54, 1.807) is 13.2 Å². The zero-order valence-electron chi connectivity index (χ0n) is 18.3. The normalized spacial score (nSPS) is 17.6. The number of rotatable bonds is 7. The van der Waals surface area contributed by atoms with E-state index in [9.17, 15) is 9.59 Å². The van der Waals surface area contributed by atoms with Crippen LogP contribution >= 0.6 is 0 Å². The van der Waals surface area contributed by atoms with Crippen LogP contribution in [0.2, 0.25) is 0 Å². The van der Waals surface area contributed by atoms with Crippen LogP contribution in [0.25, 0.3) is 0 Å². The molecule has 8 heteroatoms. The Morgan fingerprint density at radius 3 is 2.47 bits per heavy atom. The number of hydrogen-bond donors (Lipinski definition) is 1. The highest BCUT2D eigenvalue weighted by Crippen LogP contribution is 2.30. The second-order valence-corrected chi connectivity index (χ2v) is 7.82. The number of fused-ring (bicyclic) bond motifs is 1. The summed E-state index contributed by atoms with van der Waals surface area (Å²) < 4.78 is 16.5. The summed E-state index contributed by atoms with van der Waals surface area (Å²) in [6, 6.07) is 15.3. The molecule has 1 N–H and O–H groups in total. The van der Waals surface area contributed by atoms with Crippen LogP contribution in [0.15, 0.2) is 48.5 Å². The molecule has 1 unspecified atom stereocenters. The van der Waals surface area contributed by atoms with Gasteiger partial charge in [0.15, 0.2) is 11.5 Å². The van der Waals surface area contributed by atoms with Crippen LogP contribution in [0.5, 0.6) is 17.2 Å². The Hall–Kier alpha value is -3.42. The van der Waals surface area contributed by atoms with Crippen molar-refractivity contribution >= 4 is 17.5 Å². The summed E-state index contributed by atoms with van der Waals surface area (Å²) in [5, 5.41) is 2.85. The molecule has 2 amide bonds. The average molecular weight is 440 g/mol. The van der Waals surface area contributed by atoms with Gasteiger partial charge in [0.25, 0.3) is 5.91 Å². The molecule has 0 saturated carbocycles. The van der Waals surface area contributed by atoms with E-state index in [1.165, 1.54) is 0 Å². The van der Waals surface area contributed by atoms with Gasteiger partial charge in [0, 0.05) is 44.8 Å². The largest absolute Gasteiger partial charge is 0.497 e. The summed E-state index contributed by atoms with van der Waals surface area (Å²) in [4.78, 5) is 29.1. The molecule has 2 heterocycles. The minimum absolute atomic E-state index is 0.125. The first-order chi connectivity index (χ1) is 15.6. The molecule has 170 valence electrons. The number of methoxy groups -OCH3 is 1. The molecule has 0 radical (unpaired) electrons. The van der Waals surface area contributed by atoms with Gasteiger partial charge in [-0.2, -0.15) is 0 Å². The summed E-state index contributed by atoms with van der Waals surface area (Å²) in [6.07, 6.45) is 0.327. The van der Waals surface area contributed by atoms with Crippen molar-refractivity contribution in [1.29, 1.82) is 0 Å². The van der Waals surface area contributed by atoms with Crippen LogP contribution in [0.3, 0.4) is 0 Å².